The fourth-order valence-corrected chi connectivity index (χ4v) is 2.96. The lowest BCUT2D eigenvalue weighted by Crippen LogP contribution is -2.40. The normalized spacial score (nSPS) is 23.2. The number of esters is 4. The molecule has 0 amide bonds. The Hall–Kier alpha value is -3.01. The van der Waals surface area contributed by atoms with E-state index in [0.29, 0.717) is 0 Å². The second kappa shape index (κ2) is 9.97. The summed E-state index contributed by atoms with van der Waals surface area (Å²) in [6, 6.07) is 3.04. The van der Waals surface area contributed by atoms with E-state index in [0.717, 1.165) is 0 Å². The number of ether oxygens (including phenoxy) is 5. The maximum absolute atomic E-state index is 12.3. The van der Waals surface area contributed by atoms with Gasteiger partial charge in [0, 0.05) is 27.0 Å². The first-order chi connectivity index (χ1) is 13.7. The minimum Gasteiger partial charge on any atom is -0.463 e. The van der Waals surface area contributed by atoms with E-state index in [1.54, 1.807) is 13.0 Å². The topological polar surface area (TPSA) is 127 Å². The molecular formula is C19H23NO9. The summed E-state index contributed by atoms with van der Waals surface area (Å²) in [5.74, 6) is -2.49. The van der Waals surface area contributed by atoms with Gasteiger partial charge in [-0.05, 0) is 19.1 Å². The summed E-state index contributed by atoms with van der Waals surface area (Å²) in [7, 11) is 0. The zero-order valence-corrected chi connectivity index (χ0v) is 16.6. The first kappa shape index (κ1) is 22.3. The van der Waals surface area contributed by atoms with Crippen LogP contribution in [0.3, 0.4) is 0 Å². The van der Waals surface area contributed by atoms with Gasteiger partial charge in [0.1, 0.15) is 18.8 Å². The molecule has 2 rings (SSSR count). The summed E-state index contributed by atoms with van der Waals surface area (Å²) in [6.07, 6.45) is -2.73. The van der Waals surface area contributed by atoms with Gasteiger partial charge in [-0.25, -0.2) is 4.79 Å². The Morgan fingerprint density at radius 1 is 1.00 bits per heavy atom. The highest BCUT2D eigenvalue weighted by molar-refractivity contribution is 5.90. The summed E-state index contributed by atoms with van der Waals surface area (Å²) in [5, 5.41) is 0. The van der Waals surface area contributed by atoms with Crippen LogP contribution in [0.2, 0.25) is 0 Å². The Labute approximate surface area is 167 Å². The first-order valence-corrected chi connectivity index (χ1v) is 8.99. The van der Waals surface area contributed by atoms with Gasteiger partial charge in [0.2, 0.25) is 0 Å². The third kappa shape index (κ3) is 5.74. The molecule has 1 aromatic heterocycles. The number of pyridine rings is 1. The zero-order valence-electron chi connectivity index (χ0n) is 16.6. The lowest BCUT2D eigenvalue weighted by molar-refractivity contribution is -0.165. The molecular weight excluding hydrogens is 386 g/mol. The largest absolute Gasteiger partial charge is 0.463 e. The van der Waals surface area contributed by atoms with Gasteiger partial charge in [0.05, 0.1) is 17.9 Å². The number of hydrogen-bond donors (Lipinski definition) is 0. The second-order valence-corrected chi connectivity index (χ2v) is 6.20. The molecule has 0 aliphatic carbocycles. The number of carbonyl (C=O) groups is 4. The maximum atomic E-state index is 12.3. The summed E-state index contributed by atoms with van der Waals surface area (Å²) >= 11 is 0. The molecule has 2 heterocycles. The monoisotopic (exact) mass is 409 g/mol. The molecule has 1 aromatic rings. The Kier molecular flexibility index (Phi) is 7.66. The van der Waals surface area contributed by atoms with Crippen LogP contribution in [0.25, 0.3) is 0 Å². The van der Waals surface area contributed by atoms with E-state index >= 15 is 0 Å². The van der Waals surface area contributed by atoms with Gasteiger partial charge in [-0.2, -0.15) is 0 Å². The third-order valence-electron chi connectivity index (χ3n) is 3.97. The molecule has 158 valence electrons. The van der Waals surface area contributed by atoms with Crippen molar-refractivity contribution in [2.75, 3.05) is 13.2 Å². The standard InChI is InChI=1S/C19H23NO9/c1-5-25-19(24)13-7-6-8-20-15(13)17-18(28-12(4)23)16(27-11(3)22)14(29-17)9-26-10(2)21/h6-8,14,16-18H,5,9H2,1-4H3. The van der Waals surface area contributed by atoms with Crippen LogP contribution in [0, 0.1) is 0 Å². The van der Waals surface area contributed by atoms with E-state index in [-0.39, 0.29) is 24.5 Å². The van der Waals surface area contributed by atoms with Gasteiger partial charge in [-0.1, -0.05) is 0 Å². The third-order valence-corrected chi connectivity index (χ3v) is 3.97. The summed E-state index contributed by atoms with van der Waals surface area (Å²) < 4.78 is 26.6. The molecule has 4 unspecified atom stereocenters. The number of hydrogen-bond acceptors (Lipinski definition) is 10. The molecule has 1 saturated heterocycles. The van der Waals surface area contributed by atoms with Crippen molar-refractivity contribution >= 4 is 23.9 Å². The number of rotatable bonds is 7. The quantitative estimate of drug-likeness (QED) is 0.477. The molecule has 0 radical (unpaired) electrons. The summed E-state index contributed by atoms with van der Waals surface area (Å²) in [5.41, 5.74) is 0.269. The minimum absolute atomic E-state index is 0.117. The number of aromatic nitrogens is 1. The van der Waals surface area contributed by atoms with Gasteiger partial charge in [0.25, 0.3) is 0 Å². The van der Waals surface area contributed by atoms with Crippen molar-refractivity contribution in [2.45, 2.75) is 52.1 Å². The Morgan fingerprint density at radius 3 is 2.24 bits per heavy atom. The lowest BCUT2D eigenvalue weighted by atomic mass is 10.0. The van der Waals surface area contributed by atoms with Crippen molar-refractivity contribution in [1.82, 2.24) is 4.98 Å². The maximum Gasteiger partial charge on any atom is 0.340 e. The summed E-state index contributed by atoms with van der Waals surface area (Å²) in [4.78, 5) is 51.0. The fourth-order valence-electron chi connectivity index (χ4n) is 2.96. The van der Waals surface area contributed by atoms with E-state index in [2.05, 4.69) is 4.98 Å². The average molecular weight is 409 g/mol. The van der Waals surface area contributed by atoms with Crippen molar-refractivity contribution < 1.29 is 42.9 Å². The first-order valence-electron chi connectivity index (χ1n) is 8.99. The second-order valence-electron chi connectivity index (χ2n) is 6.20. The van der Waals surface area contributed by atoms with E-state index in [9.17, 15) is 19.2 Å². The number of nitrogens with zero attached hydrogens (tertiary/aromatic N) is 1. The molecule has 29 heavy (non-hydrogen) atoms. The molecule has 0 bridgehead atoms. The summed E-state index contributed by atoms with van der Waals surface area (Å²) in [6.45, 7) is 5.15. The highest BCUT2D eigenvalue weighted by Gasteiger charge is 2.51. The number of carbonyl (C=O) groups excluding carboxylic acids is 4. The molecule has 0 N–H and O–H groups in total. The van der Waals surface area contributed by atoms with Gasteiger partial charge in [0.15, 0.2) is 12.2 Å². The molecule has 10 nitrogen and oxygen atoms in total. The van der Waals surface area contributed by atoms with Gasteiger partial charge >= 0.3 is 23.9 Å². The SMILES string of the molecule is CCOC(=O)c1cccnc1C1OC(COC(C)=O)C(OC(C)=O)C1OC(C)=O. The smallest absolute Gasteiger partial charge is 0.340 e. The highest BCUT2D eigenvalue weighted by atomic mass is 16.6. The van der Waals surface area contributed by atoms with E-state index < -0.39 is 48.3 Å². The lowest BCUT2D eigenvalue weighted by Gasteiger charge is -2.23. The van der Waals surface area contributed by atoms with Crippen molar-refractivity contribution in [3.8, 4) is 0 Å². The van der Waals surface area contributed by atoms with Crippen molar-refractivity contribution in [2.24, 2.45) is 0 Å². The van der Waals surface area contributed by atoms with Crippen LogP contribution in [0.1, 0.15) is 49.9 Å². The zero-order chi connectivity index (χ0) is 21.6. The fraction of sp³-hybridized carbons (Fsp3) is 0.526. The average Bonchev–Trinajstić information content (AvgIpc) is 2.96. The Balaban J connectivity index is 2.45. The van der Waals surface area contributed by atoms with E-state index in [4.69, 9.17) is 23.7 Å². The van der Waals surface area contributed by atoms with E-state index in [1.807, 2.05) is 0 Å². The van der Waals surface area contributed by atoms with Gasteiger partial charge < -0.3 is 23.7 Å². The predicted molar refractivity (Wildman–Crippen MR) is 95.5 cm³/mol. The Morgan fingerprint density at radius 2 is 1.66 bits per heavy atom. The van der Waals surface area contributed by atoms with Crippen LogP contribution in [0.15, 0.2) is 18.3 Å². The van der Waals surface area contributed by atoms with Gasteiger partial charge in [-0.15, -0.1) is 0 Å². The van der Waals surface area contributed by atoms with Gasteiger partial charge in [-0.3, -0.25) is 19.4 Å². The van der Waals surface area contributed by atoms with Crippen LogP contribution in [0.5, 0.6) is 0 Å². The van der Waals surface area contributed by atoms with E-state index in [1.165, 1.54) is 33.0 Å². The van der Waals surface area contributed by atoms with Crippen molar-refractivity contribution in [3.63, 3.8) is 0 Å². The molecule has 4 atom stereocenters. The molecule has 1 aliphatic rings. The molecule has 10 heteroatoms. The predicted octanol–water partition coefficient (Wildman–Crippen LogP) is 1.12. The molecule has 1 aliphatic heterocycles. The van der Waals surface area contributed by atoms with Crippen LogP contribution in [-0.2, 0) is 38.1 Å². The molecule has 0 saturated carbocycles. The highest BCUT2D eigenvalue weighted by Crippen LogP contribution is 2.38. The van der Waals surface area contributed by atoms with Crippen LogP contribution in [0.4, 0.5) is 0 Å². The van der Waals surface area contributed by atoms with Crippen LogP contribution in [-0.4, -0.2) is 60.4 Å². The molecule has 0 aromatic carbocycles. The van der Waals surface area contributed by atoms with Crippen molar-refractivity contribution in [3.05, 3.63) is 29.6 Å². The Bertz CT molecular complexity index is 779. The van der Waals surface area contributed by atoms with Crippen LogP contribution >= 0.6 is 0 Å². The molecule has 0 spiro atoms. The van der Waals surface area contributed by atoms with Crippen molar-refractivity contribution in [1.29, 1.82) is 0 Å². The van der Waals surface area contributed by atoms with Crippen LogP contribution < -0.4 is 0 Å². The minimum atomic E-state index is -1.11. The molecule has 1 fully saturated rings.